The highest BCUT2D eigenvalue weighted by atomic mass is 19.1. The van der Waals surface area contributed by atoms with Crippen molar-refractivity contribution >= 4 is 22.2 Å². The molecule has 0 amide bonds. The molecule has 0 spiro atoms. The van der Waals surface area contributed by atoms with Crippen LogP contribution in [-0.4, -0.2) is 31.4 Å². The fourth-order valence-electron chi connectivity index (χ4n) is 3.94. The Balaban J connectivity index is 1.43. The molecular formula is C25H22FN5O. The molecule has 7 heteroatoms. The van der Waals surface area contributed by atoms with Crippen molar-refractivity contribution in [2.75, 3.05) is 5.73 Å². The summed E-state index contributed by atoms with van der Waals surface area (Å²) in [6, 6.07) is 14.7. The Morgan fingerprint density at radius 2 is 2.03 bits per heavy atom. The number of hydrogen-bond donors (Lipinski definition) is 3. The van der Waals surface area contributed by atoms with Crippen LogP contribution in [0.1, 0.15) is 16.8 Å². The smallest absolute Gasteiger partial charge is 0.146 e. The summed E-state index contributed by atoms with van der Waals surface area (Å²) in [5.74, 6) is -0.456. The van der Waals surface area contributed by atoms with Gasteiger partial charge in [0.05, 0.1) is 11.2 Å². The molecule has 3 heterocycles. The normalized spacial score (nSPS) is 15.9. The number of pyridine rings is 1. The number of aliphatic hydroxyl groups is 1. The number of nitrogens with two attached hydrogens (primary N) is 1. The number of fused-ring (bicyclic) bond motifs is 1. The van der Waals surface area contributed by atoms with Crippen molar-refractivity contribution in [2.45, 2.75) is 19.7 Å². The quantitative estimate of drug-likeness (QED) is 0.420. The van der Waals surface area contributed by atoms with Gasteiger partial charge in [0.15, 0.2) is 0 Å². The Morgan fingerprint density at radius 3 is 2.84 bits per heavy atom. The number of nitrogens with zero attached hydrogens (tertiary/aromatic N) is 3. The van der Waals surface area contributed by atoms with Gasteiger partial charge < -0.3 is 15.7 Å². The lowest BCUT2D eigenvalue weighted by molar-refractivity contribution is 0.0731. The van der Waals surface area contributed by atoms with Gasteiger partial charge in [0.25, 0.3) is 0 Å². The summed E-state index contributed by atoms with van der Waals surface area (Å²) in [6.45, 7) is 2.25. The van der Waals surface area contributed by atoms with Gasteiger partial charge in [-0.1, -0.05) is 18.2 Å². The summed E-state index contributed by atoms with van der Waals surface area (Å²) in [6.07, 6.45) is 6.42. The van der Waals surface area contributed by atoms with Gasteiger partial charge in [-0.15, -0.1) is 0 Å². The number of aromatic amines is 1. The molecular weight excluding hydrogens is 405 g/mol. The molecule has 0 saturated carbocycles. The SMILES string of the molecule is Cc1cc(-c2n[nH]c3ccc(C4=CC(O)N(Cc5cccc(F)c5N)C=C4)cc23)ccn1. The third-order valence-electron chi connectivity index (χ3n) is 5.68. The number of H-pyrrole nitrogens is 1. The van der Waals surface area contributed by atoms with Gasteiger partial charge >= 0.3 is 0 Å². The highest BCUT2D eigenvalue weighted by Gasteiger charge is 2.18. The van der Waals surface area contributed by atoms with Crippen LogP contribution in [0.15, 0.2) is 73.1 Å². The number of halogens is 1. The summed E-state index contributed by atoms with van der Waals surface area (Å²) in [4.78, 5) is 5.96. The molecule has 2 aromatic carbocycles. The van der Waals surface area contributed by atoms with Crippen molar-refractivity contribution in [3.63, 3.8) is 0 Å². The number of hydrogen-bond acceptors (Lipinski definition) is 5. The molecule has 6 nitrogen and oxygen atoms in total. The molecule has 0 radical (unpaired) electrons. The fraction of sp³-hybridized carbons (Fsp3) is 0.120. The largest absolute Gasteiger partial charge is 0.396 e. The Morgan fingerprint density at radius 1 is 1.16 bits per heavy atom. The average Bonchev–Trinajstić information content (AvgIpc) is 3.21. The first kappa shape index (κ1) is 20.0. The molecule has 0 fully saturated rings. The van der Waals surface area contributed by atoms with Crippen molar-refractivity contribution in [1.29, 1.82) is 0 Å². The van der Waals surface area contributed by atoms with Crippen molar-refractivity contribution in [2.24, 2.45) is 0 Å². The van der Waals surface area contributed by atoms with Crippen LogP contribution in [0.25, 0.3) is 27.7 Å². The summed E-state index contributed by atoms with van der Waals surface area (Å²) in [5, 5.41) is 19.3. The van der Waals surface area contributed by atoms with Gasteiger partial charge in [-0.3, -0.25) is 10.1 Å². The number of para-hydroxylation sites is 1. The molecule has 0 bridgehead atoms. The van der Waals surface area contributed by atoms with Crippen molar-refractivity contribution in [3.05, 3.63) is 95.7 Å². The molecule has 2 aromatic heterocycles. The minimum absolute atomic E-state index is 0.104. The topological polar surface area (TPSA) is 91.1 Å². The first-order chi connectivity index (χ1) is 15.5. The van der Waals surface area contributed by atoms with Gasteiger partial charge in [-0.05, 0) is 66.1 Å². The fourth-order valence-corrected chi connectivity index (χ4v) is 3.94. The van der Waals surface area contributed by atoms with E-state index in [1.54, 1.807) is 35.5 Å². The van der Waals surface area contributed by atoms with E-state index in [4.69, 9.17) is 5.73 Å². The van der Waals surface area contributed by atoms with Gasteiger partial charge in [-0.2, -0.15) is 5.10 Å². The maximum atomic E-state index is 13.7. The van der Waals surface area contributed by atoms with Crippen LogP contribution in [0.4, 0.5) is 10.1 Å². The third kappa shape index (κ3) is 3.63. The Kier molecular flexibility index (Phi) is 4.95. The van der Waals surface area contributed by atoms with Gasteiger partial charge in [-0.25, -0.2) is 4.39 Å². The van der Waals surface area contributed by atoms with Crippen LogP contribution in [0.5, 0.6) is 0 Å². The lowest BCUT2D eigenvalue weighted by atomic mass is 9.99. The van der Waals surface area contributed by atoms with E-state index in [0.717, 1.165) is 39.0 Å². The molecule has 1 aliphatic heterocycles. The van der Waals surface area contributed by atoms with Gasteiger partial charge in [0.2, 0.25) is 0 Å². The Bertz CT molecular complexity index is 1370. The van der Waals surface area contributed by atoms with Crippen LogP contribution < -0.4 is 5.73 Å². The first-order valence-corrected chi connectivity index (χ1v) is 10.3. The number of anilines is 1. The zero-order chi connectivity index (χ0) is 22.2. The predicted molar refractivity (Wildman–Crippen MR) is 124 cm³/mol. The van der Waals surface area contributed by atoms with Crippen LogP contribution in [0.2, 0.25) is 0 Å². The summed E-state index contributed by atoms with van der Waals surface area (Å²) in [7, 11) is 0. The minimum atomic E-state index is -0.861. The second-order valence-electron chi connectivity index (χ2n) is 7.85. The summed E-state index contributed by atoms with van der Waals surface area (Å²) < 4.78 is 13.7. The van der Waals surface area contributed by atoms with E-state index in [1.165, 1.54) is 6.07 Å². The van der Waals surface area contributed by atoms with Crippen LogP contribution >= 0.6 is 0 Å². The Labute approximate surface area is 184 Å². The maximum absolute atomic E-state index is 13.7. The monoisotopic (exact) mass is 427 g/mol. The van der Waals surface area contributed by atoms with E-state index in [2.05, 4.69) is 21.2 Å². The predicted octanol–water partition coefficient (Wildman–Crippen LogP) is 4.39. The molecule has 32 heavy (non-hydrogen) atoms. The number of nitrogens with one attached hydrogen (secondary N) is 1. The van der Waals surface area contributed by atoms with Crippen molar-refractivity contribution < 1.29 is 9.50 Å². The number of allylic oxidation sites excluding steroid dienone is 2. The van der Waals surface area contributed by atoms with Crippen molar-refractivity contribution in [3.8, 4) is 11.3 Å². The van der Waals surface area contributed by atoms with E-state index in [1.807, 2.05) is 37.3 Å². The molecule has 5 rings (SSSR count). The van der Waals surface area contributed by atoms with E-state index >= 15 is 0 Å². The number of aliphatic hydroxyl groups excluding tert-OH is 1. The van der Waals surface area contributed by atoms with Gasteiger partial charge in [0, 0.05) is 35.6 Å². The zero-order valence-electron chi connectivity index (χ0n) is 17.5. The molecule has 160 valence electrons. The molecule has 4 N–H and O–H groups in total. The average molecular weight is 427 g/mol. The zero-order valence-corrected chi connectivity index (χ0v) is 17.5. The van der Waals surface area contributed by atoms with E-state index in [0.29, 0.717) is 12.1 Å². The second-order valence-corrected chi connectivity index (χ2v) is 7.85. The van der Waals surface area contributed by atoms with Gasteiger partial charge in [0.1, 0.15) is 17.7 Å². The highest BCUT2D eigenvalue weighted by molar-refractivity contribution is 5.95. The molecule has 1 aliphatic rings. The number of benzene rings is 2. The number of rotatable bonds is 4. The number of aryl methyl sites for hydroxylation is 1. The van der Waals surface area contributed by atoms with Crippen molar-refractivity contribution in [1.82, 2.24) is 20.1 Å². The molecule has 1 unspecified atom stereocenters. The molecule has 0 saturated heterocycles. The standard InChI is InChI=1S/C25H22FN5O/c1-15-11-18(7-9-28-15)25-20-12-16(5-6-22(20)29-30-25)17-8-10-31(23(32)13-17)14-19-3-2-4-21(26)24(19)27/h2-13,23,32H,14,27H2,1H3,(H,29,30). The van der Waals surface area contributed by atoms with Crippen LogP contribution in [0, 0.1) is 12.7 Å². The molecule has 1 atom stereocenters. The van der Waals surface area contributed by atoms with E-state index < -0.39 is 12.0 Å². The minimum Gasteiger partial charge on any atom is -0.396 e. The summed E-state index contributed by atoms with van der Waals surface area (Å²) in [5.41, 5.74) is 12.1. The van der Waals surface area contributed by atoms with E-state index in [-0.39, 0.29) is 5.69 Å². The van der Waals surface area contributed by atoms with E-state index in [9.17, 15) is 9.50 Å². The Hall–Kier alpha value is -3.97. The first-order valence-electron chi connectivity index (χ1n) is 10.3. The molecule has 4 aromatic rings. The number of aromatic nitrogens is 3. The van der Waals surface area contributed by atoms with Crippen LogP contribution in [-0.2, 0) is 6.54 Å². The lowest BCUT2D eigenvalue weighted by Crippen LogP contribution is -2.30. The van der Waals surface area contributed by atoms with Crippen LogP contribution in [0.3, 0.4) is 0 Å². The third-order valence-corrected chi connectivity index (χ3v) is 5.68. The summed E-state index contributed by atoms with van der Waals surface area (Å²) >= 11 is 0. The number of nitrogen functional groups attached to an aromatic ring is 1. The highest BCUT2D eigenvalue weighted by Crippen LogP contribution is 2.31. The lowest BCUT2D eigenvalue weighted by Gasteiger charge is -2.28. The second kappa shape index (κ2) is 7.94. The molecule has 0 aliphatic carbocycles. The maximum Gasteiger partial charge on any atom is 0.146 e.